The molecule has 0 aliphatic carbocycles. The molecule has 0 bridgehead atoms. The topological polar surface area (TPSA) is 88.4 Å². The van der Waals surface area contributed by atoms with E-state index in [0.717, 1.165) is 0 Å². The van der Waals surface area contributed by atoms with Crippen molar-refractivity contribution in [3.05, 3.63) is 0 Å². The van der Waals surface area contributed by atoms with Crippen molar-refractivity contribution in [2.45, 2.75) is 43.5 Å². The van der Waals surface area contributed by atoms with Gasteiger partial charge in [-0.1, -0.05) is 0 Å². The smallest absolute Gasteiger partial charge is 0.194 e. The van der Waals surface area contributed by atoms with Crippen LogP contribution in [0, 0.1) is 0 Å². The third-order valence-electron chi connectivity index (χ3n) is 3.45. The Hall–Kier alpha value is -0.240. The molecule has 1 aliphatic heterocycles. The second kappa shape index (κ2) is 4.56. The molecule has 0 spiro atoms. The van der Waals surface area contributed by atoms with Gasteiger partial charge in [-0.3, -0.25) is 0 Å². The SMILES string of the molecule is CO[C@]1(C)C(CO)O[C@@](C)(OC)[C@@H](O)C1O. The van der Waals surface area contributed by atoms with Crippen LogP contribution < -0.4 is 0 Å². The molecule has 1 heterocycles. The molecule has 0 aromatic rings. The fraction of sp³-hybridized carbons (Fsp3) is 1.00. The van der Waals surface area contributed by atoms with Gasteiger partial charge >= 0.3 is 0 Å². The van der Waals surface area contributed by atoms with E-state index in [4.69, 9.17) is 14.2 Å². The Kier molecular flexibility index (Phi) is 3.94. The maximum Gasteiger partial charge on any atom is 0.194 e. The first kappa shape index (κ1) is 13.8. The van der Waals surface area contributed by atoms with Crippen molar-refractivity contribution in [2.24, 2.45) is 0 Å². The summed E-state index contributed by atoms with van der Waals surface area (Å²) in [5.41, 5.74) is -1.17. The molecule has 2 unspecified atom stereocenters. The van der Waals surface area contributed by atoms with Gasteiger partial charge in [0.2, 0.25) is 0 Å². The quantitative estimate of drug-likeness (QED) is 0.574. The standard InChI is InChI=1S/C10H20O6/c1-9(14-3)6(5-11)16-10(2,15-4)8(13)7(9)12/h6-8,11-13H,5H2,1-4H3/t6?,7?,8-,9+,10+/m0/s1. The van der Waals surface area contributed by atoms with Crippen molar-refractivity contribution >= 4 is 0 Å². The monoisotopic (exact) mass is 236 g/mol. The number of hydrogen-bond acceptors (Lipinski definition) is 6. The van der Waals surface area contributed by atoms with Crippen LogP contribution in [0.4, 0.5) is 0 Å². The van der Waals surface area contributed by atoms with Crippen LogP contribution in [-0.2, 0) is 14.2 Å². The molecular weight excluding hydrogens is 216 g/mol. The van der Waals surface area contributed by atoms with Crippen molar-refractivity contribution in [3.8, 4) is 0 Å². The van der Waals surface area contributed by atoms with Crippen LogP contribution >= 0.6 is 0 Å². The molecule has 1 saturated heterocycles. The number of rotatable bonds is 3. The van der Waals surface area contributed by atoms with Crippen molar-refractivity contribution < 1.29 is 29.5 Å². The average Bonchev–Trinajstić information content (AvgIpc) is 2.31. The zero-order chi connectivity index (χ0) is 12.6. The molecule has 1 fully saturated rings. The van der Waals surface area contributed by atoms with Gasteiger partial charge in [0.1, 0.15) is 23.9 Å². The highest BCUT2D eigenvalue weighted by Gasteiger charge is 2.58. The maximum atomic E-state index is 10.0. The summed E-state index contributed by atoms with van der Waals surface area (Å²) in [5.74, 6) is -1.36. The summed E-state index contributed by atoms with van der Waals surface area (Å²) in [7, 11) is 2.75. The Morgan fingerprint density at radius 2 is 1.69 bits per heavy atom. The van der Waals surface area contributed by atoms with E-state index in [2.05, 4.69) is 0 Å². The first-order valence-corrected chi connectivity index (χ1v) is 5.10. The molecule has 96 valence electrons. The van der Waals surface area contributed by atoms with Gasteiger partial charge < -0.3 is 29.5 Å². The van der Waals surface area contributed by atoms with E-state index in [-0.39, 0.29) is 6.61 Å². The van der Waals surface area contributed by atoms with Crippen LogP contribution in [0.3, 0.4) is 0 Å². The summed E-state index contributed by atoms with van der Waals surface area (Å²) in [6, 6.07) is 0. The molecule has 0 aromatic heterocycles. The fourth-order valence-corrected chi connectivity index (χ4v) is 1.90. The minimum absolute atomic E-state index is 0.340. The van der Waals surface area contributed by atoms with Gasteiger partial charge in [-0.15, -0.1) is 0 Å². The Balaban J connectivity index is 3.04. The highest BCUT2D eigenvalue weighted by Crippen LogP contribution is 2.37. The lowest BCUT2D eigenvalue weighted by Crippen LogP contribution is -2.70. The Bertz CT molecular complexity index is 243. The summed E-state index contributed by atoms with van der Waals surface area (Å²) in [5, 5.41) is 29.2. The molecule has 6 nitrogen and oxygen atoms in total. The largest absolute Gasteiger partial charge is 0.394 e. The van der Waals surface area contributed by atoms with Crippen molar-refractivity contribution in [1.82, 2.24) is 0 Å². The van der Waals surface area contributed by atoms with E-state index < -0.39 is 29.7 Å². The molecule has 0 radical (unpaired) electrons. The zero-order valence-electron chi connectivity index (χ0n) is 10.0. The number of aliphatic hydroxyl groups excluding tert-OH is 3. The zero-order valence-corrected chi connectivity index (χ0v) is 10.0. The number of ether oxygens (including phenoxy) is 3. The summed E-state index contributed by atoms with van der Waals surface area (Å²) >= 11 is 0. The second-order valence-corrected chi connectivity index (χ2v) is 4.29. The molecule has 1 aliphatic rings. The van der Waals surface area contributed by atoms with E-state index in [0.29, 0.717) is 0 Å². The predicted octanol–water partition coefficient (Wildman–Crippen LogP) is -1.13. The third kappa shape index (κ3) is 1.85. The average molecular weight is 236 g/mol. The number of aliphatic hydroxyl groups is 3. The number of hydrogen-bond donors (Lipinski definition) is 3. The van der Waals surface area contributed by atoms with Crippen LogP contribution in [-0.4, -0.2) is 65.8 Å². The summed E-state index contributed by atoms with van der Waals surface area (Å²) < 4.78 is 15.6. The lowest BCUT2D eigenvalue weighted by atomic mass is 9.82. The van der Waals surface area contributed by atoms with Crippen LogP contribution in [0.1, 0.15) is 13.8 Å². The molecule has 0 saturated carbocycles. The fourth-order valence-electron chi connectivity index (χ4n) is 1.90. The minimum Gasteiger partial charge on any atom is -0.394 e. The van der Waals surface area contributed by atoms with Gasteiger partial charge in [-0.05, 0) is 13.8 Å². The van der Waals surface area contributed by atoms with E-state index in [9.17, 15) is 15.3 Å². The van der Waals surface area contributed by atoms with Gasteiger partial charge in [0.15, 0.2) is 5.79 Å². The van der Waals surface area contributed by atoms with Crippen LogP contribution in [0.15, 0.2) is 0 Å². The van der Waals surface area contributed by atoms with Crippen molar-refractivity contribution in [3.63, 3.8) is 0 Å². The van der Waals surface area contributed by atoms with Crippen LogP contribution in [0.5, 0.6) is 0 Å². The van der Waals surface area contributed by atoms with Crippen molar-refractivity contribution in [1.29, 1.82) is 0 Å². The summed E-state index contributed by atoms with van der Waals surface area (Å²) in [6.07, 6.45) is -3.25. The first-order chi connectivity index (χ1) is 7.35. The van der Waals surface area contributed by atoms with Gasteiger partial charge in [0, 0.05) is 14.2 Å². The molecular formula is C10H20O6. The van der Waals surface area contributed by atoms with Gasteiger partial charge in [-0.25, -0.2) is 0 Å². The van der Waals surface area contributed by atoms with Gasteiger partial charge in [0.25, 0.3) is 0 Å². The lowest BCUT2D eigenvalue weighted by molar-refractivity contribution is -0.373. The maximum absolute atomic E-state index is 10.0. The minimum atomic E-state index is -1.36. The Morgan fingerprint density at radius 1 is 1.12 bits per heavy atom. The molecule has 1 rings (SSSR count). The molecule has 0 aromatic carbocycles. The van der Waals surface area contributed by atoms with Gasteiger partial charge in [0.05, 0.1) is 6.61 Å². The Morgan fingerprint density at radius 3 is 2.06 bits per heavy atom. The predicted molar refractivity (Wildman–Crippen MR) is 54.8 cm³/mol. The third-order valence-corrected chi connectivity index (χ3v) is 3.45. The molecule has 0 amide bonds. The lowest BCUT2D eigenvalue weighted by Gasteiger charge is -2.52. The van der Waals surface area contributed by atoms with Crippen LogP contribution in [0.2, 0.25) is 0 Å². The Labute approximate surface area is 94.7 Å². The highest BCUT2D eigenvalue weighted by atomic mass is 16.7. The first-order valence-electron chi connectivity index (χ1n) is 5.10. The van der Waals surface area contributed by atoms with E-state index in [1.54, 1.807) is 6.92 Å². The highest BCUT2D eigenvalue weighted by molar-refractivity contribution is 5.03. The summed E-state index contributed by atoms with van der Waals surface area (Å²) in [4.78, 5) is 0. The molecule has 16 heavy (non-hydrogen) atoms. The molecule has 3 N–H and O–H groups in total. The van der Waals surface area contributed by atoms with E-state index in [1.807, 2.05) is 0 Å². The normalized spacial score (nSPS) is 49.3. The van der Waals surface area contributed by atoms with E-state index in [1.165, 1.54) is 21.1 Å². The number of methoxy groups -OCH3 is 2. The molecule has 5 atom stereocenters. The van der Waals surface area contributed by atoms with E-state index >= 15 is 0 Å². The van der Waals surface area contributed by atoms with Crippen LogP contribution in [0.25, 0.3) is 0 Å². The molecule has 6 heteroatoms. The van der Waals surface area contributed by atoms with Gasteiger partial charge in [-0.2, -0.15) is 0 Å². The second-order valence-electron chi connectivity index (χ2n) is 4.29. The summed E-state index contributed by atoms with van der Waals surface area (Å²) in [6.45, 7) is 2.73. The van der Waals surface area contributed by atoms with Crippen molar-refractivity contribution in [2.75, 3.05) is 20.8 Å².